The molecular formula is C22H20N2O4. The Balaban J connectivity index is 1.40. The summed E-state index contributed by atoms with van der Waals surface area (Å²) in [5.41, 5.74) is 2.66. The fourth-order valence-corrected chi connectivity index (χ4v) is 3.66. The molecule has 1 amide bonds. The molecule has 2 N–H and O–H groups in total. The van der Waals surface area contributed by atoms with Gasteiger partial charge in [-0.2, -0.15) is 0 Å². The third-order valence-corrected chi connectivity index (χ3v) is 5.00. The smallest absolute Gasteiger partial charge is 0.355 e. The normalized spacial score (nSPS) is 15.6. The van der Waals surface area contributed by atoms with Crippen molar-refractivity contribution in [3.63, 3.8) is 0 Å². The van der Waals surface area contributed by atoms with Gasteiger partial charge in [-0.05, 0) is 42.5 Å². The van der Waals surface area contributed by atoms with Gasteiger partial charge >= 0.3 is 5.97 Å². The van der Waals surface area contributed by atoms with E-state index in [-0.39, 0.29) is 23.1 Å². The van der Waals surface area contributed by atoms with Crippen LogP contribution in [0.2, 0.25) is 0 Å². The predicted molar refractivity (Wildman–Crippen MR) is 105 cm³/mol. The van der Waals surface area contributed by atoms with Crippen molar-refractivity contribution in [2.45, 2.75) is 25.3 Å². The fourth-order valence-electron chi connectivity index (χ4n) is 3.66. The van der Waals surface area contributed by atoms with E-state index in [2.05, 4.69) is 16.4 Å². The molecule has 142 valence electrons. The minimum Gasteiger partial charge on any atom is -0.451 e. The van der Waals surface area contributed by atoms with Crippen molar-refractivity contribution in [1.82, 2.24) is 10.3 Å². The molecule has 2 aromatic carbocycles. The van der Waals surface area contributed by atoms with Crippen LogP contribution in [0.25, 0.3) is 10.9 Å². The Morgan fingerprint density at radius 3 is 2.79 bits per heavy atom. The molecule has 3 aromatic rings. The zero-order valence-electron chi connectivity index (χ0n) is 15.2. The molecule has 1 atom stereocenters. The monoisotopic (exact) mass is 376 g/mol. The molecule has 1 aromatic heterocycles. The van der Waals surface area contributed by atoms with Gasteiger partial charge in [0.2, 0.25) is 0 Å². The van der Waals surface area contributed by atoms with Crippen LogP contribution < -0.4 is 10.7 Å². The lowest BCUT2D eigenvalue weighted by atomic mass is 9.88. The zero-order valence-corrected chi connectivity index (χ0v) is 15.2. The van der Waals surface area contributed by atoms with Crippen LogP contribution in [0.1, 0.15) is 40.5 Å². The van der Waals surface area contributed by atoms with Gasteiger partial charge in [-0.15, -0.1) is 0 Å². The molecule has 1 aliphatic carbocycles. The van der Waals surface area contributed by atoms with Gasteiger partial charge in [0.05, 0.1) is 6.04 Å². The molecule has 6 nitrogen and oxygen atoms in total. The number of hydrogen-bond donors (Lipinski definition) is 2. The summed E-state index contributed by atoms with van der Waals surface area (Å²) in [6.07, 6.45) is 2.86. The van der Waals surface area contributed by atoms with E-state index in [4.69, 9.17) is 4.74 Å². The molecule has 1 heterocycles. The van der Waals surface area contributed by atoms with Gasteiger partial charge in [-0.1, -0.05) is 36.4 Å². The lowest BCUT2D eigenvalue weighted by Crippen LogP contribution is -2.34. The summed E-state index contributed by atoms with van der Waals surface area (Å²) in [5, 5.41) is 3.43. The number of rotatable bonds is 4. The highest BCUT2D eigenvalue weighted by atomic mass is 16.5. The lowest BCUT2D eigenvalue weighted by molar-refractivity contribution is -0.125. The molecule has 1 aliphatic rings. The van der Waals surface area contributed by atoms with E-state index in [1.54, 1.807) is 24.3 Å². The van der Waals surface area contributed by atoms with Gasteiger partial charge in [0.15, 0.2) is 12.0 Å². The van der Waals surface area contributed by atoms with Crippen LogP contribution in [0.3, 0.4) is 0 Å². The maximum absolute atomic E-state index is 12.3. The summed E-state index contributed by atoms with van der Waals surface area (Å²) in [4.78, 5) is 39.5. The van der Waals surface area contributed by atoms with E-state index < -0.39 is 12.6 Å². The number of carbonyl (C=O) groups is 2. The average Bonchev–Trinajstić information content (AvgIpc) is 2.72. The van der Waals surface area contributed by atoms with Crippen molar-refractivity contribution in [1.29, 1.82) is 0 Å². The second-order valence-corrected chi connectivity index (χ2v) is 6.88. The van der Waals surface area contributed by atoms with Gasteiger partial charge < -0.3 is 15.0 Å². The Hall–Kier alpha value is -3.41. The van der Waals surface area contributed by atoms with Crippen molar-refractivity contribution in [2.24, 2.45) is 0 Å². The minimum absolute atomic E-state index is 0.0273. The Kier molecular flexibility index (Phi) is 4.93. The van der Waals surface area contributed by atoms with Crippen LogP contribution in [-0.4, -0.2) is 23.5 Å². The molecule has 4 rings (SSSR count). The molecule has 28 heavy (non-hydrogen) atoms. The van der Waals surface area contributed by atoms with Gasteiger partial charge in [-0.25, -0.2) is 4.79 Å². The molecule has 0 aliphatic heterocycles. The molecule has 0 saturated heterocycles. The SMILES string of the molecule is O=C(COC(=O)c1cc(=O)c2ccccc2[nH]1)N[C@H]1CCCc2ccccc21. The number of fused-ring (bicyclic) bond motifs is 2. The predicted octanol–water partition coefficient (Wildman–Crippen LogP) is 2.88. The molecule has 6 heteroatoms. The fraction of sp³-hybridized carbons (Fsp3) is 0.227. The number of amides is 1. The highest BCUT2D eigenvalue weighted by molar-refractivity contribution is 5.92. The van der Waals surface area contributed by atoms with E-state index in [0.29, 0.717) is 10.9 Å². The zero-order chi connectivity index (χ0) is 19.5. The van der Waals surface area contributed by atoms with Gasteiger partial charge in [0.1, 0.15) is 5.69 Å². The van der Waals surface area contributed by atoms with E-state index in [1.807, 2.05) is 18.2 Å². The Bertz CT molecular complexity index is 1100. The number of benzene rings is 2. The first-order valence-electron chi connectivity index (χ1n) is 9.28. The van der Waals surface area contributed by atoms with Crippen LogP contribution in [0, 0.1) is 0 Å². The lowest BCUT2D eigenvalue weighted by Gasteiger charge is -2.26. The molecular weight excluding hydrogens is 356 g/mol. The number of aromatic amines is 1. The maximum atomic E-state index is 12.3. The largest absolute Gasteiger partial charge is 0.451 e. The Labute approximate surface area is 161 Å². The van der Waals surface area contributed by atoms with Crippen LogP contribution in [0.15, 0.2) is 59.4 Å². The Morgan fingerprint density at radius 1 is 1.11 bits per heavy atom. The first-order valence-corrected chi connectivity index (χ1v) is 9.28. The van der Waals surface area contributed by atoms with Gasteiger partial charge in [0.25, 0.3) is 5.91 Å². The topological polar surface area (TPSA) is 88.3 Å². The standard InChI is InChI=1S/C22H20N2O4/c25-20-12-19(23-18-10-4-3-9-16(18)20)22(27)28-13-21(26)24-17-11-5-7-14-6-1-2-8-15(14)17/h1-4,6,8-10,12,17H,5,7,11,13H2,(H,23,25)(H,24,26)/t17-/m0/s1. The third-order valence-electron chi connectivity index (χ3n) is 5.00. The summed E-state index contributed by atoms with van der Waals surface area (Å²) in [6, 6.07) is 16.1. The number of carbonyl (C=O) groups excluding carboxylic acids is 2. The quantitative estimate of drug-likeness (QED) is 0.686. The van der Waals surface area contributed by atoms with Crippen LogP contribution >= 0.6 is 0 Å². The number of aromatic nitrogens is 1. The first kappa shape index (κ1) is 18.0. The maximum Gasteiger partial charge on any atom is 0.355 e. The van der Waals surface area contributed by atoms with E-state index in [9.17, 15) is 14.4 Å². The second kappa shape index (κ2) is 7.68. The van der Waals surface area contributed by atoms with E-state index in [0.717, 1.165) is 24.8 Å². The third kappa shape index (κ3) is 3.67. The summed E-state index contributed by atoms with van der Waals surface area (Å²) >= 11 is 0. The van der Waals surface area contributed by atoms with Gasteiger partial charge in [-0.3, -0.25) is 9.59 Å². The molecule has 0 radical (unpaired) electrons. The highest BCUT2D eigenvalue weighted by Crippen LogP contribution is 2.29. The number of nitrogens with one attached hydrogen (secondary N) is 2. The number of ether oxygens (including phenoxy) is 1. The molecule has 0 fully saturated rings. The average molecular weight is 376 g/mol. The van der Waals surface area contributed by atoms with E-state index in [1.165, 1.54) is 11.6 Å². The summed E-state index contributed by atoms with van der Waals surface area (Å²) in [5.74, 6) is -1.10. The molecule has 0 bridgehead atoms. The number of esters is 1. The van der Waals surface area contributed by atoms with Crippen molar-refractivity contribution in [2.75, 3.05) is 6.61 Å². The summed E-state index contributed by atoms with van der Waals surface area (Å²) in [6.45, 7) is -0.396. The van der Waals surface area contributed by atoms with Gasteiger partial charge in [0, 0.05) is 17.0 Å². The molecule has 0 unspecified atom stereocenters. The second-order valence-electron chi connectivity index (χ2n) is 6.88. The molecule has 0 spiro atoms. The van der Waals surface area contributed by atoms with Crippen molar-refractivity contribution in [3.05, 3.63) is 81.6 Å². The van der Waals surface area contributed by atoms with Crippen molar-refractivity contribution in [3.8, 4) is 0 Å². The van der Waals surface area contributed by atoms with Crippen molar-refractivity contribution >= 4 is 22.8 Å². The van der Waals surface area contributed by atoms with Crippen LogP contribution in [0.4, 0.5) is 0 Å². The summed E-state index contributed by atoms with van der Waals surface area (Å²) in [7, 11) is 0. The highest BCUT2D eigenvalue weighted by Gasteiger charge is 2.22. The molecule has 0 saturated carbocycles. The van der Waals surface area contributed by atoms with Crippen LogP contribution in [0.5, 0.6) is 0 Å². The number of hydrogen-bond acceptors (Lipinski definition) is 4. The first-order chi connectivity index (χ1) is 13.6. The number of para-hydroxylation sites is 1. The van der Waals surface area contributed by atoms with Crippen molar-refractivity contribution < 1.29 is 14.3 Å². The number of H-pyrrole nitrogens is 1. The minimum atomic E-state index is -0.734. The van der Waals surface area contributed by atoms with E-state index >= 15 is 0 Å². The Morgan fingerprint density at radius 2 is 1.89 bits per heavy atom. The number of aryl methyl sites for hydroxylation is 1. The number of pyridine rings is 1. The summed E-state index contributed by atoms with van der Waals surface area (Å²) < 4.78 is 5.10. The van der Waals surface area contributed by atoms with Crippen LogP contribution in [-0.2, 0) is 16.0 Å².